The molecule has 1 N–H and O–H groups in total. The number of hydrogen-bond donors (Lipinski definition) is 1. The maximum absolute atomic E-state index is 12.7. The largest absolute Gasteiger partial charge is 0.348 e. The number of piperidine rings is 1. The highest BCUT2D eigenvalue weighted by Gasteiger charge is 2.50. The Labute approximate surface area is 155 Å². The first-order chi connectivity index (χ1) is 12.4. The van der Waals surface area contributed by atoms with Crippen LogP contribution < -0.4 is 5.32 Å². The van der Waals surface area contributed by atoms with Gasteiger partial charge in [-0.05, 0) is 70.4 Å². The number of aromatic nitrogens is 2. The third-order valence-corrected chi connectivity index (χ3v) is 6.34. The molecule has 2 heterocycles. The first-order valence-electron chi connectivity index (χ1n) is 9.77. The summed E-state index contributed by atoms with van der Waals surface area (Å²) in [5.41, 5.74) is 2.13. The Morgan fingerprint density at radius 2 is 1.92 bits per heavy atom. The lowest BCUT2D eigenvalue weighted by molar-refractivity contribution is -0.138. The molecule has 1 aromatic heterocycles. The summed E-state index contributed by atoms with van der Waals surface area (Å²) < 4.78 is 0. The van der Waals surface area contributed by atoms with E-state index in [0.717, 1.165) is 56.5 Å². The highest BCUT2D eigenvalue weighted by molar-refractivity contribution is 5.92. The molecule has 6 nitrogen and oxygen atoms in total. The highest BCUT2D eigenvalue weighted by atomic mass is 16.2. The van der Waals surface area contributed by atoms with E-state index >= 15 is 0 Å². The molecular formula is C20H30N4O2. The zero-order valence-electron chi connectivity index (χ0n) is 16.3. The molecule has 3 rings (SSSR count). The Hall–Kier alpha value is -1.98. The second-order valence-electron chi connectivity index (χ2n) is 8.02. The number of carbonyl (C=O) groups is 2. The summed E-state index contributed by atoms with van der Waals surface area (Å²) in [6, 6.07) is 1.84. The van der Waals surface area contributed by atoms with Gasteiger partial charge in [0, 0.05) is 24.5 Å². The van der Waals surface area contributed by atoms with Crippen molar-refractivity contribution in [3.63, 3.8) is 0 Å². The van der Waals surface area contributed by atoms with Crippen LogP contribution in [-0.4, -0.2) is 46.0 Å². The lowest BCUT2D eigenvalue weighted by atomic mass is 9.89. The zero-order valence-corrected chi connectivity index (χ0v) is 16.3. The zero-order chi connectivity index (χ0) is 18.9. The van der Waals surface area contributed by atoms with Crippen LogP contribution in [0.25, 0.3) is 0 Å². The van der Waals surface area contributed by atoms with Crippen LogP contribution in [0, 0.1) is 25.2 Å². The standard InChI is InChI=1S/C20H30N4O2/c1-5-20(8-9-20)19(26)24-10-6-16(7-11-24)15(4)21-18(25)17-12-13(2)14(3)22-23-17/h12,15-16H,5-11H2,1-4H3,(H,21,25)/t15-/m0/s1. The number of aryl methyl sites for hydroxylation is 2. The third kappa shape index (κ3) is 3.74. The second kappa shape index (κ2) is 7.33. The Balaban J connectivity index is 1.52. The number of rotatable bonds is 5. The maximum atomic E-state index is 12.7. The van der Waals surface area contributed by atoms with E-state index in [1.807, 2.05) is 25.7 Å². The minimum atomic E-state index is -0.172. The minimum Gasteiger partial charge on any atom is -0.348 e. The lowest BCUT2D eigenvalue weighted by Crippen LogP contribution is -2.47. The van der Waals surface area contributed by atoms with E-state index in [9.17, 15) is 9.59 Å². The molecular weight excluding hydrogens is 328 g/mol. The summed E-state index contributed by atoms with van der Waals surface area (Å²) in [6.45, 7) is 9.57. The predicted octanol–water partition coefficient (Wildman–Crippen LogP) is 2.64. The molecule has 1 atom stereocenters. The van der Waals surface area contributed by atoms with Gasteiger partial charge in [-0.25, -0.2) is 0 Å². The SMILES string of the molecule is CCC1(C(=O)N2CCC([C@H](C)NC(=O)c3cc(C)c(C)nn3)CC2)CC1. The fraction of sp³-hybridized carbons (Fsp3) is 0.700. The van der Waals surface area contributed by atoms with Crippen LogP contribution in [0.3, 0.4) is 0 Å². The summed E-state index contributed by atoms with van der Waals surface area (Å²) in [4.78, 5) is 27.1. The number of carbonyl (C=O) groups excluding carboxylic acids is 2. The molecule has 0 radical (unpaired) electrons. The Kier molecular flexibility index (Phi) is 5.30. The minimum absolute atomic E-state index is 0.0470. The number of likely N-dealkylation sites (tertiary alicyclic amines) is 1. The van der Waals surface area contributed by atoms with Gasteiger partial charge in [-0.15, -0.1) is 5.10 Å². The molecule has 1 aliphatic carbocycles. The van der Waals surface area contributed by atoms with Gasteiger partial charge in [0.2, 0.25) is 5.91 Å². The van der Waals surface area contributed by atoms with Gasteiger partial charge in [-0.3, -0.25) is 9.59 Å². The number of nitrogens with zero attached hydrogens (tertiary/aromatic N) is 3. The molecule has 142 valence electrons. The Bertz CT molecular complexity index is 691. The average molecular weight is 358 g/mol. The van der Waals surface area contributed by atoms with E-state index in [0.29, 0.717) is 17.5 Å². The molecule has 1 aromatic rings. The van der Waals surface area contributed by atoms with Crippen molar-refractivity contribution in [2.45, 2.75) is 65.8 Å². The van der Waals surface area contributed by atoms with Gasteiger partial charge in [0.15, 0.2) is 5.69 Å². The quantitative estimate of drug-likeness (QED) is 0.878. The van der Waals surface area contributed by atoms with Crippen molar-refractivity contribution in [1.29, 1.82) is 0 Å². The molecule has 2 aliphatic rings. The van der Waals surface area contributed by atoms with E-state index in [-0.39, 0.29) is 17.4 Å². The molecule has 0 spiro atoms. The van der Waals surface area contributed by atoms with Gasteiger partial charge >= 0.3 is 0 Å². The molecule has 2 amide bonds. The molecule has 1 saturated carbocycles. The van der Waals surface area contributed by atoms with Gasteiger partial charge in [0.05, 0.1) is 5.69 Å². The lowest BCUT2D eigenvalue weighted by Gasteiger charge is -2.36. The molecule has 0 bridgehead atoms. The van der Waals surface area contributed by atoms with Gasteiger partial charge in [0.25, 0.3) is 5.91 Å². The first-order valence-corrected chi connectivity index (χ1v) is 9.77. The van der Waals surface area contributed by atoms with Crippen molar-refractivity contribution in [3.05, 3.63) is 23.0 Å². The van der Waals surface area contributed by atoms with Gasteiger partial charge in [0.1, 0.15) is 0 Å². The summed E-state index contributed by atoms with van der Waals surface area (Å²) in [6.07, 6.45) is 4.92. The van der Waals surface area contributed by atoms with Crippen molar-refractivity contribution in [1.82, 2.24) is 20.4 Å². The van der Waals surface area contributed by atoms with Crippen molar-refractivity contribution in [2.75, 3.05) is 13.1 Å². The fourth-order valence-electron chi connectivity index (χ4n) is 3.86. The maximum Gasteiger partial charge on any atom is 0.272 e. The summed E-state index contributed by atoms with van der Waals surface area (Å²) >= 11 is 0. The van der Waals surface area contributed by atoms with Crippen molar-refractivity contribution in [2.24, 2.45) is 11.3 Å². The van der Waals surface area contributed by atoms with E-state index in [2.05, 4.69) is 22.4 Å². The van der Waals surface area contributed by atoms with E-state index in [4.69, 9.17) is 0 Å². The number of amides is 2. The van der Waals surface area contributed by atoms with Crippen LogP contribution >= 0.6 is 0 Å². The fourth-order valence-corrected chi connectivity index (χ4v) is 3.86. The van der Waals surface area contributed by atoms with Crippen LogP contribution in [0.2, 0.25) is 0 Å². The Morgan fingerprint density at radius 3 is 2.46 bits per heavy atom. The average Bonchev–Trinajstić information content (AvgIpc) is 3.44. The van der Waals surface area contributed by atoms with Crippen LogP contribution in [-0.2, 0) is 4.79 Å². The first kappa shape index (κ1) is 18.8. The molecule has 0 unspecified atom stereocenters. The summed E-state index contributed by atoms with van der Waals surface area (Å²) in [5.74, 6) is 0.564. The van der Waals surface area contributed by atoms with Crippen molar-refractivity contribution >= 4 is 11.8 Å². The highest BCUT2D eigenvalue weighted by Crippen LogP contribution is 2.50. The number of nitrogens with one attached hydrogen (secondary N) is 1. The van der Waals surface area contributed by atoms with Gasteiger partial charge in [-0.2, -0.15) is 5.10 Å². The number of hydrogen-bond acceptors (Lipinski definition) is 4. The topological polar surface area (TPSA) is 75.2 Å². The van der Waals surface area contributed by atoms with Crippen molar-refractivity contribution < 1.29 is 9.59 Å². The van der Waals surface area contributed by atoms with Crippen LogP contribution in [0.4, 0.5) is 0 Å². The Morgan fingerprint density at radius 1 is 1.27 bits per heavy atom. The molecule has 1 aliphatic heterocycles. The molecule has 0 aromatic carbocycles. The molecule has 6 heteroatoms. The van der Waals surface area contributed by atoms with Crippen LogP contribution in [0.15, 0.2) is 6.07 Å². The van der Waals surface area contributed by atoms with E-state index in [1.165, 1.54) is 0 Å². The smallest absolute Gasteiger partial charge is 0.272 e. The van der Waals surface area contributed by atoms with Gasteiger partial charge in [-0.1, -0.05) is 6.92 Å². The molecule has 2 fully saturated rings. The predicted molar refractivity (Wildman–Crippen MR) is 99.7 cm³/mol. The van der Waals surface area contributed by atoms with Gasteiger partial charge < -0.3 is 10.2 Å². The summed E-state index contributed by atoms with van der Waals surface area (Å²) in [7, 11) is 0. The monoisotopic (exact) mass is 358 g/mol. The van der Waals surface area contributed by atoms with Crippen LogP contribution in [0.1, 0.15) is 67.7 Å². The third-order valence-electron chi connectivity index (χ3n) is 6.34. The van der Waals surface area contributed by atoms with Crippen LogP contribution in [0.5, 0.6) is 0 Å². The molecule has 1 saturated heterocycles. The van der Waals surface area contributed by atoms with Crippen molar-refractivity contribution in [3.8, 4) is 0 Å². The van der Waals surface area contributed by atoms with E-state index in [1.54, 1.807) is 6.07 Å². The van der Waals surface area contributed by atoms with E-state index < -0.39 is 0 Å². The normalized spacial score (nSPS) is 20.5. The molecule has 26 heavy (non-hydrogen) atoms. The summed E-state index contributed by atoms with van der Waals surface area (Å²) in [5, 5.41) is 11.1. The second-order valence-corrected chi connectivity index (χ2v) is 8.02.